The SMILES string of the molecule is CC(=O)N[C@H]1[C@@H](O[C@@H](CO)C(O[C@H](O)CO)C(=O)O)O[C@H](CO)[C@@H](O[C@@H]2OC(C(=O)O)[C@@H](O[C@H]3O[C@H](CO)[C@@H](O)[C@H](O)[C@H]3NC(C)=O)[C@H](O)[C@H]2OS(=O)(=O)O)[C@@H]1O. The molecule has 3 saturated heterocycles. The number of nitrogens with one attached hydrogen (secondary N) is 2. The van der Waals surface area contributed by atoms with Crippen molar-refractivity contribution in [1.82, 2.24) is 10.6 Å². The van der Waals surface area contributed by atoms with E-state index in [-0.39, 0.29) is 0 Å². The summed E-state index contributed by atoms with van der Waals surface area (Å²) < 4.78 is 75.8. The van der Waals surface area contributed by atoms with Gasteiger partial charge in [-0.1, -0.05) is 0 Å². The predicted octanol–water partition coefficient (Wildman–Crippen LogP) is -9.20. The van der Waals surface area contributed by atoms with Crippen molar-refractivity contribution in [1.29, 1.82) is 0 Å². The van der Waals surface area contributed by atoms with E-state index in [1.807, 2.05) is 0 Å². The molecule has 330 valence electrons. The molecule has 3 aliphatic heterocycles. The highest BCUT2D eigenvalue weighted by Crippen LogP contribution is 2.35. The van der Waals surface area contributed by atoms with E-state index in [9.17, 15) is 83.2 Å². The topological polar surface area (TPSA) is 443 Å². The van der Waals surface area contributed by atoms with E-state index in [0.29, 0.717) is 0 Å². The van der Waals surface area contributed by atoms with Crippen molar-refractivity contribution >= 4 is 34.2 Å². The Morgan fingerprint density at radius 1 is 0.702 bits per heavy atom. The van der Waals surface area contributed by atoms with Crippen LogP contribution in [0.5, 0.6) is 0 Å². The van der Waals surface area contributed by atoms with Crippen molar-refractivity contribution in [2.45, 2.75) is 124 Å². The van der Waals surface area contributed by atoms with Crippen molar-refractivity contribution in [2.24, 2.45) is 0 Å². The third kappa shape index (κ3) is 12.3. The van der Waals surface area contributed by atoms with Crippen molar-refractivity contribution in [3.05, 3.63) is 0 Å². The summed E-state index contributed by atoms with van der Waals surface area (Å²) in [5, 5.41) is 116. The van der Waals surface area contributed by atoms with Gasteiger partial charge in [-0.05, 0) is 0 Å². The average molecular weight is 859 g/mol. The lowest BCUT2D eigenvalue weighted by atomic mass is 9.94. The molecule has 3 heterocycles. The third-order valence-corrected chi connectivity index (χ3v) is 9.05. The van der Waals surface area contributed by atoms with Crippen LogP contribution >= 0.6 is 0 Å². The molecule has 0 radical (unpaired) electrons. The second kappa shape index (κ2) is 20.9. The summed E-state index contributed by atoms with van der Waals surface area (Å²) >= 11 is 0. The first-order valence-electron chi connectivity index (χ1n) is 16.7. The minimum atomic E-state index is -5.64. The zero-order valence-corrected chi connectivity index (χ0v) is 30.5. The maximum Gasteiger partial charge on any atom is 0.397 e. The molecular weight excluding hydrogens is 812 g/mol. The maximum absolute atomic E-state index is 12.5. The molecule has 2 amide bonds. The van der Waals surface area contributed by atoms with Crippen molar-refractivity contribution in [3.8, 4) is 0 Å². The van der Waals surface area contributed by atoms with E-state index < -0.39 is 171 Å². The summed E-state index contributed by atoms with van der Waals surface area (Å²) in [5.74, 6) is -5.60. The van der Waals surface area contributed by atoms with Gasteiger partial charge in [0.2, 0.25) is 11.8 Å². The van der Waals surface area contributed by atoms with Gasteiger partial charge in [0, 0.05) is 13.8 Å². The molecule has 57 heavy (non-hydrogen) atoms. The minimum Gasteiger partial charge on any atom is -0.479 e. The van der Waals surface area contributed by atoms with E-state index in [0.717, 1.165) is 13.8 Å². The van der Waals surface area contributed by atoms with Crippen LogP contribution in [-0.4, -0.2) is 230 Å². The first kappa shape index (κ1) is 48.5. The lowest BCUT2D eigenvalue weighted by Crippen LogP contribution is -2.70. The van der Waals surface area contributed by atoms with E-state index in [4.69, 9.17) is 38.3 Å². The van der Waals surface area contributed by atoms with Crippen LogP contribution in [0.3, 0.4) is 0 Å². The lowest BCUT2D eigenvalue weighted by molar-refractivity contribution is -0.363. The number of ether oxygens (including phenoxy) is 7. The van der Waals surface area contributed by atoms with Gasteiger partial charge in [0.1, 0.15) is 67.0 Å². The molecule has 0 saturated carbocycles. The van der Waals surface area contributed by atoms with Crippen molar-refractivity contribution in [2.75, 3.05) is 26.4 Å². The van der Waals surface area contributed by atoms with E-state index >= 15 is 0 Å². The van der Waals surface area contributed by atoms with Crippen molar-refractivity contribution < 1.29 is 126 Å². The van der Waals surface area contributed by atoms with Gasteiger partial charge < -0.3 is 100.0 Å². The van der Waals surface area contributed by atoms with Crippen LogP contribution in [-0.2, 0) is 66.9 Å². The molecule has 18 atom stereocenters. The zero-order chi connectivity index (χ0) is 43.1. The highest BCUT2D eigenvalue weighted by atomic mass is 32.3. The number of hydrogen-bond acceptors (Lipinski definition) is 23. The Morgan fingerprint density at radius 2 is 1.25 bits per heavy atom. The fourth-order valence-electron chi connectivity index (χ4n) is 6.06. The highest BCUT2D eigenvalue weighted by Gasteiger charge is 2.57. The van der Waals surface area contributed by atoms with E-state index in [1.54, 1.807) is 0 Å². The van der Waals surface area contributed by atoms with Gasteiger partial charge in [0.25, 0.3) is 0 Å². The van der Waals surface area contributed by atoms with E-state index in [1.165, 1.54) is 0 Å². The Morgan fingerprint density at radius 3 is 1.72 bits per heavy atom. The second-order valence-electron chi connectivity index (χ2n) is 12.7. The van der Waals surface area contributed by atoms with Gasteiger partial charge in [0.15, 0.2) is 43.5 Å². The van der Waals surface area contributed by atoms with Crippen LogP contribution in [0.4, 0.5) is 0 Å². The quantitative estimate of drug-likeness (QED) is 0.0423. The number of carbonyl (C=O) groups excluding carboxylic acids is 2. The van der Waals surface area contributed by atoms with Crippen LogP contribution in [0, 0.1) is 0 Å². The zero-order valence-electron chi connectivity index (χ0n) is 29.7. The monoisotopic (exact) mass is 858 g/mol. The molecule has 3 aliphatic rings. The van der Waals surface area contributed by atoms with Crippen LogP contribution in [0.25, 0.3) is 0 Å². The summed E-state index contributed by atoms with van der Waals surface area (Å²) in [6.45, 7) is -2.54. The fourth-order valence-corrected chi connectivity index (χ4v) is 6.55. The number of carboxylic acid groups (broad SMARTS) is 2. The first-order chi connectivity index (χ1) is 26.6. The van der Waals surface area contributed by atoms with Gasteiger partial charge in [-0.2, -0.15) is 8.42 Å². The molecule has 2 unspecified atom stereocenters. The molecular formula is C28H46N2O26S. The number of hydrogen-bond donors (Lipinski definition) is 14. The summed E-state index contributed by atoms with van der Waals surface area (Å²) in [5.41, 5.74) is 0. The van der Waals surface area contributed by atoms with Crippen LogP contribution in [0.2, 0.25) is 0 Å². The average Bonchev–Trinajstić information content (AvgIpc) is 3.12. The fraction of sp³-hybridized carbons (Fsp3) is 0.857. The molecule has 0 aromatic rings. The maximum atomic E-state index is 12.5. The van der Waals surface area contributed by atoms with Gasteiger partial charge >= 0.3 is 22.3 Å². The molecule has 14 N–H and O–H groups in total. The first-order valence-corrected chi connectivity index (χ1v) is 18.0. The van der Waals surface area contributed by atoms with Gasteiger partial charge in [0.05, 0.1) is 26.4 Å². The highest BCUT2D eigenvalue weighted by molar-refractivity contribution is 7.80. The Bertz CT molecular complexity index is 1470. The largest absolute Gasteiger partial charge is 0.479 e. The molecule has 3 rings (SSSR count). The molecule has 0 spiro atoms. The normalized spacial score (nSPS) is 37.7. The number of aliphatic hydroxyl groups excluding tert-OH is 9. The van der Waals surface area contributed by atoms with Crippen LogP contribution < -0.4 is 10.6 Å². The minimum absolute atomic E-state index is 0.846. The molecule has 29 heteroatoms. The van der Waals surface area contributed by atoms with Gasteiger partial charge in [-0.15, -0.1) is 0 Å². The number of amides is 2. The van der Waals surface area contributed by atoms with Crippen molar-refractivity contribution in [3.63, 3.8) is 0 Å². The number of rotatable bonds is 19. The summed E-state index contributed by atoms with van der Waals surface area (Å²) in [4.78, 5) is 48.4. The van der Waals surface area contributed by atoms with Crippen LogP contribution in [0.15, 0.2) is 0 Å². The summed E-state index contributed by atoms with van der Waals surface area (Å²) in [6.07, 6.45) is -34.4. The number of carbonyl (C=O) groups is 4. The molecule has 3 fully saturated rings. The predicted molar refractivity (Wildman–Crippen MR) is 171 cm³/mol. The summed E-state index contributed by atoms with van der Waals surface area (Å²) in [6, 6.07) is -3.61. The molecule has 0 aliphatic carbocycles. The number of carboxylic acids is 2. The Hall–Kier alpha value is -2.89. The molecule has 0 aromatic heterocycles. The van der Waals surface area contributed by atoms with Gasteiger partial charge in [-0.3, -0.25) is 14.1 Å². The Labute approximate surface area is 321 Å². The smallest absolute Gasteiger partial charge is 0.397 e. The van der Waals surface area contributed by atoms with E-state index in [2.05, 4.69) is 14.8 Å². The molecule has 28 nitrogen and oxygen atoms in total. The van der Waals surface area contributed by atoms with Crippen LogP contribution in [0.1, 0.15) is 13.8 Å². The number of aliphatic hydroxyl groups is 9. The Balaban J connectivity index is 2.00. The Kier molecular flexibility index (Phi) is 17.8. The molecule has 0 bridgehead atoms. The third-order valence-electron chi connectivity index (χ3n) is 8.58. The van der Waals surface area contributed by atoms with Gasteiger partial charge in [-0.25, -0.2) is 13.8 Å². The number of aliphatic carboxylic acids is 2. The lowest BCUT2D eigenvalue weighted by Gasteiger charge is -2.49. The standard InChI is InChI=1S/C28H46N2O26S/c1-7(35)29-13-16(39)15(38)9(3-31)49-27(13)54-21-18(41)22(56-57(46,47)48)28(55-23(21)25(44)45)53-19-10(4-32)50-26(14(17(19)40)30-8(2)36)51-11(5-33)20(24(42)43)52-12(37)6-34/h9-23,26-28,31-34,37-41H,3-6H2,1-2H3,(H,29,35)(H,30,36)(H,42,43)(H,44,45)(H,46,47,48)/t9-,10-,11+,12+,13-,14-,15-,16-,17-,18+,19-,20?,21+,22-,23?,26-,27-,28-/m1/s1. The second-order valence-corrected chi connectivity index (χ2v) is 13.8. The molecule has 0 aromatic carbocycles. The summed E-state index contributed by atoms with van der Waals surface area (Å²) in [7, 11) is -5.64.